The summed E-state index contributed by atoms with van der Waals surface area (Å²) in [6.45, 7) is 2.02. The van der Waals surface area contributed by atoms with Gasteiger partial charge in [-0.15, -0.1) is 0 Å². The van der Waals surface area contributed by atoms with E-state index >= 15 is 0 Å². The number of nitrogens with zero attached hydrogens (tertiary/aromatic N) is 3. The van der Waals surface area contributed by atoms with Crippen LogP contribution in [0.5, 0.6) is 0 Å². The number of primary amides is 1. The average molecular weight is 495 g/mol. The van der Waals surface area contributed by atoms with Crippen LogP contribution in [0.4, 0.5) is 26.3 Å². The van der Waals surface area contributed by atoms with E-state index in [1.165, 1.54) is 0 Å². The van der Waals surface area contributed by atoms with Crippen LogP contribution < -0.4 is 11.1 Å². The molecule has 0 spiro atoms. The number of nitriles is 1. The van der Waals surface area contributed by atoms with Gasteiger partial charge in [-0.3, -0.25) is 9.78 Å². The van der Waals surface area contributed by atoms with Gasteiger partial charge in [0.2, 0.25) is 0 Å². The molecule has 3 rings (SSSR count). The Balaban J connectivity index is 0.000000343. The lowest BCUT2D eigenvalue weighted by atomic mass is 10.1. The molecule has 1 amide bonds. The molecule has 3 heterocycles. The molecule has 0 saturated carbocycles. The van der Waals surface area contributed by atoms with Gasteiger partial charge in [0, 0.05) is 43.3 Å². The summed E-state index contributed by atoms with van der Waals surface area (Å²) in [7, 11) is 0. The first-order valence-corrected chi connectivity index (χ1v) is 8.79. The Bertz CT molecular complexity index is 1070. The monoisotopic (exact) mass is 495 g/mol. The maximum atomic E-state index is 11.7. The van der Waals surface area contributed by atoms with Crippen molar-refractivity contribution in [1.82, 2.24) is 14.9 Å². The first-order chi connectivity index (χ1) is 15.6. The zero-order valence-electron chi connectivity index (χ0n) is 16.7. The Morgan fingerprint density at radius 2 is 1.65 bits per heavy atom. The first kappa shape index (κ1) is 27.9. The molecule has 10 nitrogen and oxygen atoms in total. The fourth-order valence-corrected chi connectivity index (χ4v) is 2.67. The van der Waals surface area contributed by atoms with Gasteiger partial charge in [0.25, 0.3) is 5.91 Å². The summed E-state index contributed by atoms with van der Waals surface area (Å²) in [4.78, 5) is 33.6. The summed E-state index contributed by atoms with van der Waals surface area (Å²) in [6.07, 6.45) is -6.80. The van der Waals surface area contributed by atoms with E-state index in [4.69, 9.17) is 25.5 Å². The van der Waals surface area contributed by atoms with Crippen molar-refractivity contribution < 1.29 is 50.9 Å². The second-order valence-electron chi connectivity index (χ2n) is 6.20. The standard InChI is InChI=1S/C14H13N5O.2C2HF3O2/c15-6-10-12(14(16)20)11-8-18-4-5-19(11)13(10)9-2-1-3-17-7-9;2*3-2(4,5)1(6)7/h1-3,7,18H,4-5,8H2,(H2,16,20);2*(H,6,7). The number of hydrogen-bond acceptors (Lipinski definition) is 6. The lowest BCUT2D eigenvalue weighted by molar-refractivity contribution is -0.193. The van der Waals surface area contributed by atoms with Crippen molar-refractivity contribution in [2.45, 2.75) is 25.4 Å². The molecular weight excluding hydrogens is 480 g/mol. The minimum absolute atomic E-state index is 0.318. The SMILES string of the molecule is N#Cc1c(C(N)=O)c2n(c1-c1cccnc1)CCNC2.O=C(O)C(F)(F)F.O=C(O)C(F)(F)F. The molecule has 2 aromatic heterocycles. The second kappa shape index (κ2) is 11.1. The molecule has 0 aliphatic carbocycles. The highest BCUT2D eigenvalue weighted by atomic mass is 19.4. The zero-order chi connectivity index (χ0) is 26.3. The Hall–Kier alpha value is -4.13. The highest BCUT2D eigenvalue weighted by molar-refractivity contribution is 5.99. The summed E-state index contributed by atoms with van der Waals surface area (Å²) in [5, 5.41) is 26.9. The number of carboxylic acid groups (broad SMARTS) is 2. The summed E-state index contributed by atoms with van der Waals surface area (Å²) < 4.78 is 65.5. The van der Waals surface area contributed by atoms with E-state index in [0.29, 0.717) is 24.2 Å². The van der Waals surface area contributed by atoms with Gasteiger partial charge in [-0.25, -0.2) is 9.59 Å². The molecular formula is C18H15F6N5O5. The second-order valence-corrected chi connectivity index (χ2v) is 6.20. The van der Waals surface area contributed by atoms with Crippen LogP contribution in [-0.4, -0.2) is 56.5 Å². The number of halogens is 6. The van der Waals surface area contributed by atoms with Crippen LogP contribution >= 0.6 is 0 Å². The minimum Gasteiger partial charge on any atom is -0.475 e. The van der Waals surface area contributed by atoms with Gasteiger partial charge in [0.1, 0.15) is 6.07 Å². The fourth-order valence-electron chi connectivity index (χ4n) is 2.67. The maximum Gasteiger partial charge on any atom is 0.490 e. The number of amides is 1. The van der Waals surface area contributed by atoms with Crippen LogP contribution in [0, 0.1) is 11.3 Å². The fraction of sp³-hybridized carbons (Fsp3) is 0.278. The van der Waals surface area contributed by atoms with Crippen molar-refractivity contribution in [3.63, 3.8) is 0 Å². The Morgan fingerprint density at radius 1 is 1.12 bits per heavy atom. The van der Waals surface area contributed by atoms with Crippen LogP contribution in [0.25, 0.3) is 11.3 Å². The van der Waals surface area contributed by atoms with E-state index in [1.54, 1.807) is 12.4 Å². The van der Waals surface area contributed by atoms with Crippen molar-refractivity contribution in [2.24, 2.45) is 5.73 Å². The van der Waals surface area contributed by atoms with Crippen molar-refractivity contribution in [1.29, 1.82) is 5.26 Å². The highest BCUT2D eigenvalue weighted by Gasteiger charge is 2.38. The van der Waals surface area contributed by atoms with Crippen LogP contribution in [0.15, 0.2) is 24.5 Å². The molecule has 1 aliphatic rings. The van der Waals surface area contributed by atoms with Gasteiger partial charge >= 0.3 is 24.3 Å². The van der Waals surface area contributed by atoms with Gasteiger partial charge in [0.05, 0.1) is 16.8 Å². The molecule has 0 saturated heterocycles. The summed E-state index contributed by atoms with van der Waals surface area (Å²) >= 11 is 0. The molecule has 5 N–H and O–H groups in total. The minimum atomic E-state index is -5.08. The van der Waals surface area contributed by atoms with Gasteiger partial charge in [-0.2, -0.15) is 31.6 Å². The number of nitrogens with two attached hydrogens (primary N) is 1. The Kier molecular flexibility index (Phi) is 9.14. The third-order valence-corrected chi connectivity index (χ3v) is 3.95. The van der Waals surface area contributed by atoms with Crippen molar-refractivity contribution in [2.75, 3.05) is 6.54 Å². The average Bonchev–Trinajstić information content (AvgIpc) is 3.08. The van der Waals surface area contributed by atoms with E-state index in [9.17, 15) is 36.4 Å². The lowest BCUT2D eigenvalue weighted by Crippen LogP contribution is -2.30. The number of aromatic nitrogens is 2. The molecule has 2 aromatic rings. The summed E-state index contributed by atoms with van der Waals surface area (Å²) in [5.41, 5.74) is 8.44. The Morgan fingerprint density at radius 3 is 2.03 bits per heavy atom. The summed E-state index contributed by atoms with van der Waals surface area (Å²) in [6, 6.07) is 5.81. The molecule has 0 aromatic carbocycles. The quantitative estimate of drug-likeness (QED) is 0.458. The first-order valence-electron chi connectivity index (χ1n) is 8.79. The van der Waals surface area contributed by atoms with Crippen LogP contribution in [0.3, 0.4) is 0 Å². The maximum absolute atomic E-state index is 11.7. The smallest absolute Gasteiger partial charge is 0.475 e. The molecule has 34 heavy (non-hydrogen) atoms. The molecule has 0 fully saturated rings. The van der Waals surface area contributed by atoms with Crippen molar-refractivity contribution in [3.05, 3.63) is 41.3 Å². The van der Waals surface area contributed by atoms with Gasteiger partial charge in [-0.1, -0.05) is 0 Å². The Labute approximate surface area is 186 Å². The van der Waals surface area contributed by atoms with Crippen molar-refractivity contribution >= 4 is 17.8 Å². The predicted octanol–water partition coefficient (Wildman–Crippen LogP) is 1.89. The number of aliphatic carboxylic acids is 2. The number of hydrogen-bond donors (Lipinski definition) is 4. The van der Waals surface area contributed by atoms with Crippen LogP contribution in [-0.2, 0) is 22.7 Å². The molecule has 0 atom stereocenters. The van der Waals surface area contributed by atoms with Crippen LogP contribution in [0.2, 0.25) is 0 Å². The highest BCUT2D eigenvalue weighted by Crippen LogP contribution is 2.32. The van der Waals surface area contributed by atoms with E-state index in [2.05, 4.69) is 16.4 Å². The van der Waals surface area contributed by atoms with Crippen molar-refractivity contribution in [3.8, 4) is 17.3 Å². The number of carboxylic acids is 2. The normalized spacial score (nSPS) is 12.6. The van der Waals surface area contributed by atoms with E-state index in [0.717, 1.165) is 23.5 Å². The third kappa shape index (κ3) is 7.20. The molecule has 16 heteroatoms. The van der Waals surface area contributed by atoms with E-state index in [1.807, 2.05) is 16.7 Å². The number of pyridine rings is 1. The van der Waals surface area contributed by atoms with Gasteiger partial charge in [0.15, 0.2) is 0 Å². The van der Waals surface area contributed by atoms with E-state index < -0.39 is 30.2 Å². The topological polar surface area (TPSA) is 171 Å². The lowest BCUT2D eigenvalue weighted by Gasteiger charge is -2.19. The number of carbonyl (C=O) groups is 3. The molecule has 1 aliphatic heterocycles. The zero-order valence-corrected chi connectivity index (χ0v) is 16.7. The predicted molar refractivity (Wildman–Crippen MR) is 100.0 cm³/mol. The molecule has 0 radical (unpaired) electrons. The van der Waals surface area contributed by atoms with Gasteiger partial charge in [-0.05, 0) is 12.1 Å². The molecule has 184 valence electrons. The third-order valence-electron chi connectivity index (χ3n) is 3.95. The number of alkyl halides is 6. The summed E-state index contributed by atoms with van der Waals surface area (Å²) in [5.74, 6) is -6.08. The van der Waals surface area contributed by atoms with E-state index in [-0.39, 0.29) is 0 Å². The van der Waals surface area contributed by atoms with Crippen LogP contribution in [0.1, 0.15) is 21.6 Å². The molecule has 0 unspecified atom stereocenters. The number of fused-ring (bicyclic) bond motifs is 1. The number of carbonyl (C=O) groups excluding carboxylic acids is 1. The number of nitrogens with one attached hydrogen (secondary N) is 1. The largest absolute Gasteiger partial charge is 0.490 e. The molecule has 0 bridgehead atoms. The number of rotatable bonds is 2. The van der Waals surface area contributed by atoms with Gasteiger partial charge < -0.3 is 25.8 Å².